The van der Waals surface area contributed by atoms with Crippen molar-refractivity contribution in [1.82, 2.24) is 4.98 Å². The normalized spacial score (nSPS) is 9.93. The van der Waals surface area contributed by atoms with Crippen molar-refractivity contribution in [2.75, 3.05) is 17.2 Å². The van der Waals surface area contributed by atoms with Gasteiger partial charge in [-0.1, -0.05) is 0 Å². The smallest absolute Gasteiger partial charge is 0.257 e. The van der Waals surface area contributed by atoms with E-state index in [4.69, 9.17) is 10.00 Å². The first-order chi connectivity index (χ1) is 13.2. The van der Waals surface area contributed by atoms with Gasteiger partial charge in [0.1, 0.15) is 5.75 Å². The molecule has 0 aliphatic carbocycles. The predicted molar refractivity (Wildman–Crippen MR) is 104 cm³/mol. The van der Waals surface area contributed by atoms with E-state index in [1.165, 1.54) is 6.20 Å². The molecule has 3 rings (SSSR count). The number of ether oxygens (including phenoxy) is 1. The summed E-state index contributed by atoms with van der Waals surface area (Å²) < 4.78 is 5.39. The minimum Gasteiger partial charge on any atom is -0.494 e. The first-order valence-corrected chi connectivity index (χ1v) is 8.44. The van der Waals surface area contributed by atoms with Gasteiger partial charge in [-0.25, -0.2) is 0 Å². The predicted octanol–water partition coefficient (Wildman–Crippen LogP) is 4.35. The lowest BCUT2D eigenvalue weighted by atomic mass is 10.2. The molecule has 134 valence electrons. The summed E-state index contributed by atoms with van der Waals surface area (Å²) >= 11 is 0. The number of carbonyl (C=O) groups is 1. The lowest BCUT2D eigenvalue weighted by molar-refractivity contribution is 0.102. The minimum absolute atomic E-state index is 0.255. The van der Waals surface area contributed by atoms with Crippen LogP contribution in [-0.4, -0.2) is 17.5 Å². The van der Waals surface area contributed by atoms with Gasteiger partial charge in [0.05, 0.1) is 35.7 Å². The van der Waals surface area contributed by atoms with Crippen LogP contribution in [0, 0.1) is 11.3 Å². The molecule has 0 atom stereocenters. The molecule has 0 saturated heterocycles. The Kier molecular flexibility index (Phi) is 5.65. The SMILES string of the molecule is CCOc1ccc(NC(=O)c2cncc(Nc3ccc(C#N)cc3)c2)cc1. The lowest BCUT2D eigenvalue weighted by Gasteiger charge is -2.09. The Morgan fingerprint density at radius 2 is 1.74 bits per heavy atom. The highest BCUT2D eigenvalue weighted by atomic mass is 16.5. The van der Waals surface area contributed by atoms with E-state index in [-0.39, 0.29) is 5.91 Å². The molecule has 0 saturated carbocycles. The molecule has 0 radical (unpaired) electrons. The number of hydrogen-bond acceptors (Lipinski definition) is 5. The zero-order valence-corrected chi connectivity index (χ0v) is 14.8. The van der Waals surface area contributed by atoms with Crippen molar-refractivity contribution in [1.29, 1.82) is 5.26 Å². The molecule has 0 bridgehead atoms. The molecular formula is C21H18N4O2. The molecule has 2 aromatic carbocycles. The van der Waals surface area contributed by atoms with Gasteiger partial charge >= 0.3 is 0 Å². The number of nitriles is 1. The zero-order valence-electron chi connectivity index (χ0n) is 14.8. The molecule has 3 aromatic rings. The van der Waals surface area contributed by atoms with Gasteiger partial charge < -0.3 is 15.4 Å². The van der Waals surface area contributed by atoms with E-state index in [2.05, 4.69) is 21.7 Å². The summed E-state index contributed by atoms with van der Waals surface area (Å²) in [5.41, 5.74) is 3.18. The van der Waals surface area contributed by atoms with E-state index in [0.29, 0.717) is 29.1 Å². The number of anilines is 3. The van der Waals surface area contributed by atoms with Crippen LogP contribution in [0.3, 0.4) is 0 Å². The van der Waals surface area contributed by atoms with Crippen LogP contribution in [0.1, 0.15) is 22.8 Å². The highest BCUT2D eigenvalue weighted by Crippen LogP contribution is 2.19. The maximum absolute atomic E-state index is 12.5. The fraction of sp³-hybridized carbons (Fsp3) is 0.0952. The second-order valence-electron chi connectivity index (χ2n) is 5.69. The van der Waals surface area contributed by atoms with Crippen molar-refractivity contribution < 1.29 is 9.53 Å². The Morgan fingerprint density at radius 3 is 2.41 bits per heavy atom. The number of nitrogens with one attached hydrogen (secondary N) is 2. The molecule has 0 spiro atoms. The summed E-state index contributed by atoms with van der Waals surface area (Å²) in [5, 5.41) is 14.8. The summed E-state index contributed by atoms with van der Waals surface area (Å²) in [4.78, 5) is 16.6. The van der Waals surface area contributed by atoms with Crippen LogP contribution < -0.4 is 15.4 Å². The van der Waals surface area contributed by atoms with Crippen molar-refractivity contribution in [3.63, 3.8) is 0 Å². The molecule has 0 fully saturated rings. The van der Waals surface area contributed by atoms with Crippen LogP contribution in [0.2, 0.25) is 0 Å². The quantitative estimate of drug-likeness (QED) is 0.684. The van der Waals surface area contributed by atoms with Crippen molar-refractivity contribution in [3.8, 4) is 11.8 Å². The Balaban J connectivity index is 1.68. The van der Waals surface area contributed by atoms with Crippen molar-refractivity contribution in [2.24, 2.45) is 0 Å². The largest absolute Gasteiger partial charge is 0.494 e. The van der Waals surface area contributed by atoms with Gasteiger partial charge in [-0.15, -0.1) is 0 Å². The summed E-state index contributed by atoms with van der Waals surface area (Å²) in [6.45, 7) is 2.51. The number of rotatable bonds is 6. The van der Waals surface area contributed by atoms with Crippen molar-refractivity contribution in [2.45, 2.75) is 6.92 Å². The third kappa shape index (κ3) is 4.83. The lowest BCUT2D eigenvalue weighted by Crippen LogP contribution is -2.12. The Morgan fingerprint density at radius 1 is 1.04 bits per heavy atom. The van der Waals surface area contributed by atoms with Gasteiger partial charge in [0, 0.05) is 17.6 Å². The highest BCUT2D eigenvalue weighted by Gasteiger charge is 2.08. The number of nitrogens with zero attached hydrogens (tertiary/aromatic N) is 2. The van der Waals surface area contributed by atoms with Crippen LogP contribution in [0.25, 0.3) is 0 Å². The van der Waals surface area contributed by atoms with Gasteiger partial charge in [-0.2, -0.15) is 5.26 Å². The van der Waals surface area contributed by atoms with Crippen molar-refractivity contribution in [3.05, 3.63) is 78.1 Å². The van der Waals surface area contributed by atoms with Crippen LogP contribution in [-0.2, 0) is 0 Å². The van der Waals surface area contributed by atoms with Gasteiger partial charge in [-0.3, -0.25) is 9.78 Å². The average molecular weight is 358 g/mol. The molecule has 1 amide bonds. The summed E-state index contributed by atoms with van der Waals surface area (Å²) in [7, 11) is 0. The van der Waals surface area contributed by atoms with E-state index in [1.54, 1.807) is 60.8 Å². The van der Waals surface area contributed by atoms with E-state index in [1.807, 2.05) is 6.92 Å². The highest BCUT2D eigenvalue weighted by molar-refractivity contribution is 6.04. The molecule has 1 aromatic heterocycles. The number of benzene rings is 2. The maximum Gasteiger partial charge on any atom is 0.257 e. The van der Waals surface area contributed by atoms with Gasteiger partial charge in [0.2, 0.25) is 0 Å². The number of pyridine rings is 1. The van der Waals surface area contributed by atoms with Crippen LogP contribution in [0.4, 0.5) is 17.1 Å². The standard InChI is InChI=1S/C21H18N4O2/c1-2-27-20-9-7-18(8-10-20)25-21(26)16-11-19(14-23-13-16)24-17-5-3-15(12-22)4-6-17/h3-11,13-14,24H,2H2,1H3,(H,25,26). The summed E-state index contributed by atoms with van der Waals surface area (Å²) in [6, 6.07) is 18.0. The fourth-order valence-electron chi connectivity index (χ4n) is 2.43. The van der Waals surface area contributed by atoms with Crippen LogP contribution in [0.15, 0.2) is 67.0 Å². The molecule has 6 heteroatoms. The zero-order chi connectivity index (χ0) is 19.1. The maximum atomic E-state index is 12.5. The van der Waals surface area contributed by atoms with E-state index in [9.17, 15) is 4.79 Å². The topological polar surface area (TPSA) is 87.0 Å². The van der Waals surface area contributed by atoms with Gasteiger partial charge in [0.15, 0.2) is 0 Å². The molecule has 1 heterocycles. The molecule has 0 aliphatic heterocycles. The molecule has 6 nitrogen and oxygen atoms in total. The minimum atomic E-state index is -0.255. The van der Waals surface area contributed by atoms with Gasteiger partial charge in [-0.05, 0) is 61.5 Å². The van der Waals surface area contributed by atoms with Crippen molar-refractivity contribution >= 4 is 23.0 Å². The summed E-state index contributed by atoms with van der Waals surface area (Å²) in [5.74, 6) is 0.501. The first kappa shape index (κ1) is 18.0. The van der Waals surface area contributed by atoms with E-state index in [0.717, 1.165) is 11.4 Å². The van der Waals surface area contributed by atoms with E-state index >= 15 is 0 Å². The Labute approximate surface area is 157 Å². The Hall–Kier alpha value is -3.85. The number of carbonyl (C=O) groups excluding carboxylic acids is 1. The van der Waals surface area contributed by atoms with Crippen LogP contribution in [0.5, 0.6) is 5.75 Å². The number of hydrogen-bond donors (Lipinski definition) is 2. The first-order valence-electron chi connectivity index (χ1n) is 8.44. The molecule has 27 heavy (non-hydrogen) atoms. The Bertz CT molecular complexity index is 961. The number of aromatic nitrogens is 1. The molecular weight excluding hydrogens is 340 g/mol. The third-order valence-electron chi connectivity index (χ3n) is 3.73. The second kappa shape index (κ2) is 8.50. The second-order valence-corrected chi connectivity index (χ2v) is 5.69. The monoisotopic (exact) mass is 358 g/mol. The van der Waals surface area contributed by atoms with Gasteiger partial charge in [0.25, 0.3) is 5.91 Å². The number of amides is 1. The molecule has 0 unspecified atom stereocenters. The van der Waals surface area contributed by atoms with E-state index < -0.39 is 0 Å². The molecule has 2 N–H and O–H groups in total. The summed E-state index contributed by atoms with van der Waals surface area (Å²) in [6.07, 6.45) is 3.14. The fourth-order valence-corrected chi connectivity index (χ4v) is 2.43. The average Bonchev–Trinajstić information content (AvgIpc) is 2.70. The molecule has 0 aliphatic rings. The van der Waals surface area contributed by atoms with Crippen LogP contribution >= 0.6 is 0 Å². The third-order valence-corrected chi connectivity index (χ3v) is 3.73.